The van der Waals surface area contributed by atoms with Gasteiger partial charge in [0.2, 0.25) is 10.0 Å². The molecule has 3 N–H and O–H groups in total. The fraction of sp³-hybridized carbons (Fsp3) is 0.538. The molecule has 0 aromatic heterocycles. The quantitative estimate of drug-likeness (QED) is 0.726. The average Bonchev–Trinajstić information content (AvgIpc) is 2.38. The van der Waals surface area contributed by atoms with Crippen LogP contribution in [-0.4, -0.2) is 39.5 Å². The Morgan fingerprint density at radius 3 is 2.45 bits per heavy atom. The van der Waals surface area contributed by atoms with Crippen LogP contribution in [0.2, 0.25) is 0 Å². The molecule has 1 aromatic rings. The number of hydrogen-bond acceptors (Lipinski definition) is 4. The second-order valence-corrected chi connectivity index (χ2v) is 7.19. The molecule has 0 radical (unpaired) electrons. The molecule has 0 aliphatic rings. The highest BCUT2D eigenvalue weighted by Gasteiger charge is 2.18. The molecule has 0 amide bonds. The minimum absolute atomic E-state index is 0.226. The number of nitrogens with two attached hydrogens (primary N) is 1. The smallest absolute Gasteiger partial charge is 0.240 e. The summed E-state index contributed by atoms with van der Waals surface area (Å²) in [5, 5.41) is 0. The van der Waals surface area contributed by atoms with Crippen molar-refractivity contribution in [1.82, 2.24) is 9.62 Å². The van der Waals surface area contributed by atoms with Crippen molar-refractivity contribution in [3.8, 4) is 0 Å². The van der Waals surface area contributed by atoms with Gasteiger partial charge in [-0.25, -0.2) is 13.1 Å². The van der Waals surface area contributed by atoms with Crippen LogP contribution in [0.5, 0.6) is 0 Å². The van der Waals surface area contributed by atoms with Gasteiger partial charge in [-0.2, -0.15) is 0 Å². The van der Waals surface area contributed by atoms with Crippen LogP contribution >= 0.6 is 15.9 Å². The molecule has 0 bridgehead atoms. The number of sulfonamides is 1. The van der Waals surface area contributed by atoms with E-state index in [4.69, 9.17) is 5.73 Å². The number of rotatable bonds is 7. The van der Waals surface area contributed by atoms with E-state index in [9.17, 15) is 8.42 Å². The highest BCUT2D eigenvalue weighted by Crippen LogP contribution is 2.26. The van der Waals surface area contributed by atoms with E-state index >= 15 is 0 Å². The van der Waals surface area contributed by atoms with E-state index in [0.29, 0.717) is 28.8 Å². The zero-order valence-electron chi connectivity index (χ0n) is 12.1. The first kappa shape index (κ1) is 17.4. The molecule has 0 fully saturated rings. The maximum atomic E-state index is 12.3. The Labute approximate surface area is 129 Å². The molecule has 0 atom stereocenters. The van der Waals surface area contributed by atoms with E-state index in [1.54, 1.807) is 19.1 Å². The molecular formula is C13H22BrN3O2S. The largest absolute Gasteiger partial charge is 0.398 e. The first-order valence-electron chi connectivity index (χ1n) is 6.59. The molecule has 20 heavy (non-hydrogen) atoms. The van der Waals surface area contributed by atoms with Crippen LogP contribution in [0.4, 0.5) is 5.69 Å². The van der Waals surface area contributed by atoms with E-state index in [0.717, 1.165) is 13.1 Å². The van der Waals surface area contributed by atoms with Gasteiger partial charge in [-0.1, -0.05) is 29.8 Å². The van der Waals surface area contributed by atoms with Crippen LogP contribution in [0.25, 0.3) is 0 Å². The predicted molar refractivity (Wildman–Crippen MR) is 86.3 cm³/mol. The summed E-state index contributed by atoms with van der Waals surface area (Å²) in [6.07, 6.45) is 0. The van der Waals surface area contributed by atoms with Crippen molar-refractivity contribution in [3.05, 3.63) is 22.2 Å². The summed E-state index contributed by atoms with van der Waals surface area (Å²) < 4.78 is 27.9. The van der Waals surface area contributed by atoms with Crippen molar-refractivity contribution >= 4 is 31.6 Å². The summed E-state index contributed by atoms with van der Waals surface area (Å²) in [4.78, 5) is 2.38. The summed E-state index contributed by atoms with van der Waals surface area (Å²) >= 11 is 3.27. The number of hydrogen-bond donors (Lipinski definition) is 2. The molecule has 0 unspecified atom stereocenters. The molecule has 7 heteroatoms. The Kier molecular flexibility index (Phi) is 6.44. The van der Waals surface area contributed by atoms with Gasteiger partial charge in [0.05, 0.1) is 4.90 Å². The molecular weight excluding hydrogens is 342 g/mol. The number of likely N-dealkylation sites (N-methyl/N-ethyl adjacent to an activating group) is 1. The van der Waals surface area contributed by atoms with E-state index in [1.807, 2.05) is 0 Å². The third-order valence-electron chi connectivity index (χ3n) is 3.27. The summed E-state index contributed by atoms with van der Waals surface area (Å²) in [5.74, 6) is 0. The normalized spacial score (nSPS) is 12.1. The van der Waals surface area contributed by atoms with Gasteiger partial charge in [-0.05, 0) is 37.7 Å². The zero-order chi connectivity index (χ0) is 15.3. The number of nitrogens with one attached hydrogen (secondary N) is 1. The van der Waals surface area contributed by atoms with Crippen molar-refractivity contribution in [2.45, 2.75) is 25.7 Å². The van der Waals surface area contributed by atoms with Gasteiger partial charge in [0, 0.05) is 23.2 Å². The SMILES string of the molecule is CCN(CC)CCNS(=O)(=O)c1cc(Br)cc(N)c1C. The van der Waals surface area contributed by atoms with Gasteiger partial charge in [0.1, 0.15) is 0 Å². The van der Waals surface area contributed by atoms with Crippen molar-refractivity contribution in [2.24, 2.45) is 0 Å². The monoisotopic (exact) mass is 363 g/mol. The maximum absolute atomic E-state index is 12.3. The second-order valence-electron chi connectivity index (χ2n) is 4.54. The van der Waals surface area contributed by atoms with Gasteiger partial charge in [0.25, 0.3) is 0 Å². The van der Waals surface area contributed by atoms with Gasteiger partial charge < -0.3 is 10.6 Å². The molecule has 114 valence electrons. The summed E-state index contributed by atoms with van der Waals surface area (Å²) in [5.41, 5.74) is 6.84. The fourth-order valence-electron chi connectivity index (χ4n) is 1.91. The van der Waals surface area contributed by atoms with Gasteiger partial charge in [-0.15, -0.1) is 0 Å². The van der Waals surface area contributed by atoms with Gasteiger partial charge in [0.15, 0.2) is 0 Å². The van der Waals surface area contributed by atoms with Crippen LogP contribution in [0, 0.1) is 6.92 Å². The Bertz CT molecular complexity index is 557. The van der Waals surface area contributed by atoms with Gasteiger partial charge in [-0.3, -0.25) is 0 Å². The Morgan fingerprint density at radius 2 is 1.90 bits per heavy atom. The number of halogens is 1. The van der Waals surface area contributed by atoms with Crippen molar-refractivity contribution in [2.75, 3.05) is 31.9 Å². The predicted octanol–water partition coefficient (Wildman–Crippen LogP) is 1.96. The lowest BCUT2D eigenvalue weighted by Crippen LogP contribution is -2.35. The lowest BCUT2D eigenvalue weighted by Gasteiger charge is -2.18. The van der Waals surface area contributed by atoms with Crippen molar-refractivity contribution in [3.63, 3.8) is 0 Å². The Morgan fingerprint density at radius 1 is 1.30 bits per heavy atom. The summed E-state index contributed by atoms with van der Waals surface area (Å²) in [6, 6.07) is 3.27. The highest BCUT2D eigenvalue weighted by molar-refractivity contribution is 9.10. The van der Waals surface area contributed by atoms with Crippen LogP contribution in [0.15, 0.2) is 21.5 Å². The molecule has 0 saturated heterocycles. The molecule has 0 aliphatic carbocycles. The number of benzene rings is 1. The number of nitrogen functional groups attached to an aromatic ring is 1. The van der Waals surface area contributed by atoms with E-state index in [2.05, 4.69) is 39.4 Å². The molecule has 0 heterocycles. The fourth-order valence-corrected chi connectivity index (χ4v) is 3.85. The molecule has 0 spiro atoms. The van der Waals surface area contributed by atoms with E-state index in [1.165, 1.54) is 0 Å². The molecule has 0 saturated carbocycles. The standard InChI is InChI=1S/C13H22BrN3O2S/c1-4-17(5-2)7-6-16-20(18,19)13-9-11(14)8-12(15)10(13)3/h8-9,16H,4-7,15H2,1-3H3. The second kappa shape index (κ2) is 7.40. The highest BCUT2D eigenvalue weighted by atomic mass is 79.9. The van der Waals surface area contributed by atoms with E-state index < -0.39 is 10.0 Å². The summed E-state index contributed by atoms with van der Waals surface area (Å²) in [6.45, 7) is 8.70. The van der Waals surface area contributed by atoms with Crippen molar-refractivity contribution in [1.29, 1.82) is 0 Å². The maximum Gasteiger partial charge on any atom is 0.240 e. The summed E-state index contributed by atoms with van der Waals surface area (Å²) in [7, 11) is -3.53. The first-order chi connectivity index (χ1) is 9.31. The lowest BCUT2D eigenvalue weighted by molar-refractivity contribution is 0.309. The van der Waals surface area contributed by atoms with Crippen LogP contribution in [0.1, 0.15) is 19.4 Å². The zero-order valence-corrected chi connectivity index (χ0v) is 14.5. The minimum atomic E-state index is -3.53. The Balaban J connectivity index is 2.85. The molecule has 5 nitrogen and oxygen atoms in total. The topological polar surface area (TPSA) is 75.4 Å². The molecule has 1 rings (SSSR count). The number of anilines is 1. The molecule has 1 aromatic carbocycles. The van der Waals surface area contributed by atoms with Crippen LogP contribution in [0.3, 0.4) is 0 Å². The van der Waals surface area contributed by atoms with Gasteiger partial charge >= 0.3 is 0 Å². The van der Waals surface area contributed by atoms with Crippen LogP contribution < -0.4 is 10.5 Å². The first-order valence-corrected chi connectivity index (χ1v) is 8.87. The van der Waals surface area contributed by atoms with Crippen molar-refractivity contribution < 1.29 is 8.42 Å². The number of nitrogens with zero attached hydrogens (tertiary/aromatic N) is 1. The van der Waals surface area contributed by atoms with Crippen LogP contribution in [-0.2, 0) is 10.0 Å². The Hall–Kier alpha value is -0.630. The van der Waals surface area contributed by atoms with E-state index in [-0.39, 0.29) is 4.90 Å². The third-order valence-corrected chi connectivity index (χ3v) is 5.31. The molecule has 0 aliphatic heterocycles. The lowest BCUT2D eigenvalue weighted by atomic mass is 10.2. The minimum Gasteiger partial charge on any atom is -0.398 e. The third kappa shape index (κ3) is 4.44. The average molecular weight is 364 g/mol.